The van der Waals surface area contributed by atoms with Gasteiger partial charge in [-0.1, -0.05) is 20.8 Å². The smallest absolute Gasteiger partial charge is 0.128 e. The van der Waals surface area contributed by atoms with Crippen LogP contribution in [0.5, 0.6) is 0 Å². The number of aromatic nitrogens is 3. The van der Waals surface area contributed by atoms with Crippen LogP contribution in [0.3, 0.4) is 0 Å². The molecule has 0 atom stereocenters. The molecule has 3 rings (SSSR count). The number of hydrogen-bond donors (Lipinski definition) is 0. The van der Waals surface area contributed by atoms with Gasteiger partial charge in [-0.2, -0.15) is 0 Å². The fourth-order valence-corrected chi connectivity index (χ4v) is 2.82. The van der Waals surface area contributed by atoms with Gasteiger partial charge >= 0.3 is 0 Å². The lowest BCUT2D eigenvalue weighted by molar-refractivity contribution is 0.569. The van der Waals surface area contributed by atoms with Crippen LogP contribution in [0.2, 0.25) is 0 Å². The lowest BCUT2D eigenvalue weighted by Gasteiger charge is -2.21. The van der Waals surface area contributed by atoms with Gasteiger partial charge in [-0.05, 0) is 25.0 Å². The van der Waals surface area contributed by atoms with E-state index in [0.717, 1.165) is 35.7 Å². The summed E-state index contributed by atoms with van der Waals surface area (Å²) in [6.45, 7) is 8.75. The van der Waals surface area contributed by atoms with Crippen molar-refractivity contribution in [3.8, 4) is 11.1 Å². The van der Waals surface area contributed by atoms with E-state index in [9.17, 15) is 0 Å². The van der Waals surface area contributed by atoms with Crippen molar-refractivity contribution in [3.05, 3.63) is 36.5 Å². The van der Waals surface area contributed by atoms with Crippen molar-refractivity contribution in [2.75, 3.05) is 18.0 Å². The van der Waals surface area contributed by atoms with Crippen molar-refractivity contribution in [2.45, 2.75) is 39.0 Å². The highest BCUT2D eigenvalue weighted by atomic mass is 15.2. The van der Waals surface area contributed by atoms with Crippen LogP contribution in [0.15, 0.2) is 30.9 Å². The Morgan fingerprint density at radius 3 is 2.38 bits per heavy atom. The van der Waals surface area contributed by atoms with Gasteiger partial charge in [0.1, 0.15) is 12.1 Å². The van der Waals surface area contributed by atoms with Crippen molar-refractivity contribution in [3.63, 3.8) is 0 Å². The Hall–Kier alpha value is -1.97. The summed E-state index contributed by atoms with van der Waals surface area (Å²) >= 11 is 0. The molecule has 0 aromatic carbocycles. The van der Waals surface area contributed by atoms with Gasteiger partial charge in [-0.3, -0.25) is 0 Å². The SMILES string of the molecule is CC(C)(C)c1ncncc1-c1ccc(N2CCCC2)nc1. The summed E-state index contributed by atoms with van der Waals surface area (Å²) in [5.41, 5.74) is 3.22. The summed E-state index contributed by atoms with van der Waals surface area (Å²) in [7, 11) is 0. The first-order chi connectivity index (χ1) is 10.1. The summed E-state index contributed by atoms with van der Waals surface area (Å²) < 4.78 is 0. The van der Waals surface area contributed by atoms with Crippen LogP contribution in [-0.2, 0) is 5.41 Å². The molecule has 1 fully saturated rings. The molecule has 1 aliphatic rings. The average molecular weight is 282 g/mol. The Kier molecular flexibility index (Phi) is 3.62. The first-order valence-electron chi connectivity index (χ1n) is 7.57. The van der Waals surface area contributed by atoms with E-state index in [1.165, 1.54) is 12.8 Å². The van der Waals surface area contributed by atoms with Crippen LogP contribution in [0.25, 0.3) is 11.1 Å². The fourth-order valence-electron chi connectivity index (χ4n) is 2.82. The van der Waals surface area contributed by atoms with Gasteiger partial charge in [0.15, 0.2) is 0 Å². The zero-order valence-electron chi connectivity index (χ0n) is 13.0. The third kappa shape index (κ3) is 2.89. The van der Waals surface area contributed by atoms with E-state index in [0.29, 0.717) is 0 Å². The molecule has 1 saturated heterocycles. The van der Waals surface area contributed by atoms with Gasteiger partial charge in [-0.25, -0.2) is 15.0 Å². The Morgan fingerprint density at radius 1 is 1.00 bits per heavy atom. The number of nitrogens with zero attached hydrogens (tertiary/aromatic N) is 4. The molecule has 3 heterocycles. The minimum Gasteiger partial charge on any atom is -0.357 e. The Bertz CT molecular complexity index is 607. The standard InChI is InChI=1S/C17H22N4/c1-17(2,3)16-14(11-18-12-20-16)13-6-7-15(19-10-13)21-8-4-5-9-21/h6-7,10-12H,4-5,8-9H2,1-3H3. The van der Waals surface area contributed by atoms with E-state index < -0.39 is 0 Å². The number of pyridine rings is 1. The highest BCUT2D eigenvalue weighted by Gasteiger charge is 2.21. The second-order valence-electron chi connectivity index (χ2n) is 6.63. The molecule has 0 aliphatic carbocycles. The molecule has 21 heavy (non-hydrogen) atoms. The normalized spacial score (nSPS) is 15.5. The zero-order valence-corrected chi connectivity index (χ0v) is 13.0. The molecule has 0 bridgehead atoms. The average Bonchev–Trinajstić information content (AvgIpc) is 3.01. The molecule has 0 saturated carbocycles. The molecule has 0 N–H and O–H groups in total. The molecule has 110 valence electrons. The van der Waals surface area contributed by atoms with Crippen molar-refractivity contribution in [2.24, 2.45) is 0 Å². The fraction of sp³-hybridized carbons (Fsp3) is 0.471. The minimum absolute atomic E-state index is 0.00804. The van der Waals surface area contributed by atoms with E-state index in [1.807, 2.05) is 12.4 Å². The molecular weight excluding hydrogens is 260 g/mol. The van der Waals surface area contributed by atoms with Crippen molar-refractivity contribution >= 4 is 5.82 Å². The van der Waals surface area contributed by atoms with Crippen molar-refractivity contribution < 1.29 is 0 Å². The van der Waals surface area contributed by atoms with Crippen LogP contribution in [0, 0.1) is 0 Å². The molecule has 2 aromatic heterocycles. The van der Waals surface area contributed by atoms with E-state index in [2.05, 4.69) is 52.8 Å². The first kappa shape index (κ1) is 14.0. The molecule has 4 nitrogen and oxygen atoms in total. The maximum atomic E-state index is 4.63. The van der Waals surface area contributed by atoms with Gasteiger partial charge in [0.2, 0.25) is 0 Å². The van der Waals surface area contributed by atoms with Crippen molar-refractivity contribution in [1.82, 2.24) is 15.0 Å². The van der Waals surface area contributed by atoms with E-state index in [4.69, 9.17) is 0 Å². The summed E-state index contributed by atoms with van der Waals surface area (Å²) in [6, 6.07) is 4.24. The van der Waals surface area contributed by atoms with E-state index in [1.54, 1.807) is 6.33 Å². The van der Waals surface area contributed by atoms with Crippen LogP contribution in [0.1, 0.15) is 39.3 Å². The second kappa shape index (κ2) is 5.43. The van der Waals surface area contributed by atoms with Crippen LogP contribution in [-0.4, -0.2) is 28.0 Å². The summed E-state index contributed by atoms with van der Waals surface area (Å²) in [5, 5.41) is 0. The number of hydrogen-bond acceptors (Lipinski definition) is 4. The summed E-state index contributed by atoms with van der Waals surface area (Å²) in [5.74, 6) is 1.07. The van der Waals surface area contributed by atoms with Crippen LogP contribution < -0.4 is 4.90 Å². The molecule has 0 amide bonds. The molecule has 0 unspecified atom stereocenters. The van der Waals surface area contributed by atoms with Crippen molar-refractivity contribution in [1.29, 1.82) is 0 Å². The van der Waals surface area contributed by atoms with Crippen LogP contribution in [0.4, 0.5) is 5.82 Å². The van der Waals surface area contributed by atoms with Gasteiger partial charge < -0.3 is 4.90 Å². The van der Waals surface area contributed by atoms with E-state index in [-0.39, 0.29) is 5.41 Å². The topological polar surface area (TPSA) is 41.9 Å². The Balaban J connectivity index is 1.94. The quantitative estimate of drug-likeness (QED) is 0.846. The molecule has 4 heteroatoms. The molecular formula is C17H22N4. The van der Waals surface area contributed by atoms with E-state index >= 15 is 0 Å². The monoisotopic (exact) mass is 282 g/mol. The van der Waals surface area contributed by atoms with Gasteiger partial charge in [-0.15, -0.1) is 0 Å². The lowest BCUT2D eigenvalue weighted by Crippen LogP contribution is -2.18. The third-order valence-electron chi connectivity index (χ3n) is 3.91. The molecule has 0 radical (unpaired) electrons. The number of rotatable bonds is 2. The van der Waals surface area contributed by atoms with Gasteiger partial charge in [0.05, 0.1) is 5.69 Å². The zero-order chi connectivity index (χ0) is 14.9. The Labute approximate surface area is 126 Å². The largest absolute Gasteiger partial charge is 0.357 e. The summed E-state index contributed by atoms with van der Waals surface area (Å²) in [6.07, 6.45) is 7.99. The van der Waals surface area contributed by atoms with Gasteiger partial charge in [0, 0.05) is 42.0 Å². The third-order valence-corrected chi connectivity index (χ3v) is 3.91. The predicted octanol–water partition coefficient (Wildman–Crippen LogP) is 3.44. The second-order valence-corrected chi connectivity index (χ2v) is 6.63. The maximum Gasteiger partial charge on any atom is 0.128 e. The van der Waals surface area contributed by atoms with Gasteiger partial charge in [0.25, 0.3) is 0 Å². The number of anilines is 1. The lowest BCUT2D eigenvalue weighted by atomic mass is 9.87. The molecule has 2 aromatic rings. The molecule has 0 spiro atoms. The highest BCUT2D eigenvalue weighted by molar-refractivity contribution is 5.66. The highest BCUT2D eigenvalue weighted by Crippen LogP contribution is 2.31. The Morgan fingerprint density at radius 2 is 1.76 bits per heavy atom. The van der Waals surface area contributed by atoms with Crippen LogP contribution >= 0.6 is 0 Å². The maximum absolute atomic E-state index is 4.63. The minimum atomic E-state index is -0.00804. The molecule has 1 aliphatic heterocycles. The predicted molar refractivity (Wildman–Crippen MR) is 85.4 cm³/mol. The summed E-state index contributed by atoms with van der Waals surface area (Å²) in [4.78, 5) is 15.6. The first-order valence-corrected chi connectivity index (χ1v) is 7.57.